The van der Waals surface area contributed by atoms with Crippen LogP contribution in [0.5, 0.6) is 0 Å². The van der Waals surface area contributed by atoms with Gasteiger partial charge in [0.25, 0.3) is 0 Å². The van der Waals surface area contributed by atoms with Crippen molar-refractivity contribution in [1.29, 1.82) is 0 Å². The van der Waals surface area contributed by atoms with Crippen molar-refractivity contribution < 1.29 is 0 Å². The molecule has 2 aliphatic rings. The maximum atomic E-state index is 4.66. The van der Waals surface area contributed by atoms with Crippen molar-refractivity contribution in [3.8, 4) is 0 Å². The molecule has 1 aromatic rings. The number of hydrogen-bond donors (Lipinski definition) is 1. The van der Waals surface area contributed by atoms with Crippen LogP contribution in [-0.2, 0) is 6.54 Å². The Morgan fingerprint density at radius 3 is 2.70 bits per heavy atom. The molecule has 112 valence electrons. The quantitative estimate of drug-likeness (QED) is 0.902. The molecule has 20 heavy (non-hydrogen) atoms. The lowest BCUT2D eigenvalue weighted by Gasteiger charge is -2.49. The average Bonchev–Trinajstić information content (AvgIpc) is 2.82. The molecule has 0 radical (unpaired) electrons. The average molecular weight is 293 g/mol. The van der Waals surface area contributed by atoms with E-state index in [2.05, 4.69) is 34.4 Å². The molecule has 0 aliphatic carbocycles. The van der Waals surface area contributed by atoms with Crippen LogP contribution >= 0.6 is 11.3 Å². The predicted molar refractivity (Wildman–Crippen MR) is 85.1 cm³/mol. The molecule has 2 atom stereocenters. The van der Waals surface area contributed by atoms with E-state index in [1.165, 1.54) is 55.8 Å². The van der Waals surface area contributed by atoms with Gasteiger partial charge in [0.1, 0.15) is 5.01 Å². The summed E-state index contributed by atoms with van der Waals surface area (Å²) in [6.07, 6.45) is 8.09. The molecule has 4 heteroatoms. The molecule has 0 aromatic carbocycles. The number of thiazole rings is 1. The molecule has 2 aliphatic heterocycles. The Labute approximate surface area is 126 Å². The van der Waals surface area contributed by atoms with Crippen LogP contribution in [0.3, 0.4) is 0 Å². The van der Waals surface area contributed by atoms with Crippen LogP contribution in [0, 0.1) is 6.92 Å². The van der Waals surface area contributed by atoms with Crippen LogP contribution in [-0.4, -0.2) is 34.6 Å². The van der Waals surface area contributed by atoms with E-state index in [1.807, 2.05) is 11.3 Å². The van der Waals surface area contributed by atoms with Gasteiger partial charge in [0.2, 0.25) is 0 Å². The summed E-state index contributed by atoms with van der Waals surface area (Å²) in [4.78, 5) is 7.42. The van der Waals surface area contributed by atoms with Crippen molar-refractivity contribution >= 4 is 11.3 Å². The smallest absolute Gasteiger partial charge is 0.107 e. The maximum Gasteiger partial charge on any atom is 0.107 e. The zero-order valence-corrected chi connectivity index (χ0v) is 13.6. The van der Waals surface area contributed by atoms with E-state index >= 15 is 0 Å². The highest BCUT2D eigenvalue weighted by Gasteiger charge is 2.38. The van der Waals surface area contributed by atoms with Gasteiger partial charge in [-0.25, -0.2) is 4.98 Å². The Kier molecular flexibility index (Phi) is 4.74. The van der Waals surface area contributed by atoms with Crippen molar-refractivity contribution in [3.05, 3.63) is 16.1 Å². The third-order valence-corrected chi connectivity index (χ3v) is 5.74. The molecule has 0 spiro atoms. The third kappa shape index (κ3) is 3.23. The minimum Gasteiger partial charge on any atom is -0.314 e. The Morgan fingerprint density at radius 2 is 2.10 bits per heavy atom. The molecule has 3 heterocycles. The minimum absolute atomic E-state index is 0.750. The molecular weight excluding hydrogens is 266 g/mol. The predicted octanol–water partition coefficient (Wildman–Crippen LogP) is 3.34. The SMILES string of the molecule is CCCNC1CC2CCCC(C1)N2Cc1nc(C)cs1. The van der Waals surface area contributed by atoms with Gasteiger partial charge in [-0.15, -0.1) is 11.3 Å². The molecule has 3 nitrogen and oxygen atoms in total. The van der Waals surface area contributed by atoms with E-state index in [9.17, 15) is 0 Å². The van der Waals surface area contributed by atoms with Gasteiger partial charge in [0.15, 0.2) is 0 Å². The van der Waals surface area contributed by atoms with Gasteiger partial charge in [-0.3, -0.25) is 4.90 Å². The number of nitrogens with one attached hydrogen (secondary N) is 1. The molecule has 2 saturated heterocycles. The van der Waals surface area contributed by atoms with Crippen molar-refractivity contribution in [2.75, 3.05) is 6.54 Å². The first kappa shape index (κ1) is 14.5. The second-order valence-electron chi connectivity index (χ2n) is 6.42. The van der Waals surface area contributed by atoms with Crippen LogP contribution in [0.2, 0.25) is 0 Å². The second kappa shape index (κ2) is 6.54. The molecule has 2 bridgehead atoms. The minimum atomic E-state index is 0.750. The van der Waals surface area contributed by atoms with Gasteiger partial charge in [0, 0.05) is 29.2 Å². The Balaban J connectivity index is 1.64. The standard InChI is InChI=1S/C16H27N3S/c1-3-7-17-13-8-14-5-4-6-15(9-13)19(14)10-16-18-12(2)11-20-16/h11,13-15,17H,3-10H2,1-2H3. The second-order valence-corrected chi connectivity index (χ2v) is 7.36. The fourth-order valence-electron chi connectivity index (χ4n) is 3.88. The molecular formula is C16H27N3S. The summed E-state index contributed by atoms with van der Waals surface area (Å²) in [7, 11) is 0. The van der Waals surface area contributed by atoms with Crippen LogP contribution < -0.4 is 5.32 Å². The molecule has 1 aromatic heterocycles. The van der Waals surface area contributed by atoms with Gasteiger partial charge in [-0.1, -0.05) is 13.3 Å². The maximum absolute atomic E-state index is 4.66. The first-order valence-electron chi connectivity index (χ1n) is 8.16. The van der Waals surface area contributed by atoms with Gasteiger partial charge < -0.3 is 5.32 Å². The number of fused-ring (bicyclic) bond motifs is 2. The van der Waals surface area contributed by atoms with Crippen molar-refractivity contribution in [2.24, 2.45) is 0 Å². The lowest BCUT2D eigenvalue weighted by molar-refractivity contribution is 0.0177. The van der Waals surface area contributed by atoms with Gasteiger partial charge in [-0.05, 0) is 45.6 Å². The van der Waals surface area contributed by atoms with E-state index in [0.717, 1.165) is 24.7 Å². The van der Waals surface area contributed by atoms with E-state index in [0.29, 0.717) is 0 Å². The summed E-state index contributed by atoms with van der Waals surface area (Å²) in [5.41, 5.74) is 1.18. The fraction of sp³-hybridized carbons (Fsp3) is 0.812. The first-order valence-corrected chi connectivity index (χ1v) is 9.04. The van der Waals surface area contributed by atoms with Crippen molar-refractivity contribution in [1.82, 2.24) is 15.2 Å². The first-order chi connectivity index (χ1) is 9.76. The summed E-state index contributed by atoms with van der Waals surface area (Å²) >= 11 is 1.83. The highest BCUT2D eigenvalue weighted by molar-refractivity contribution is 7.09. The summed E-state index contributed by atoms with van der Waals surface area (Å²) in [5, 5.41) is 7.23. The molecule has 2 fully saturated rings. The largest absolute Gasteiger partial charge is 0.314 e. The van der Waals surface area contributed by atoms with Crippen LogP contribution in [0.15, 0.2) is 5.38 Å². The molecule has 1 N–H and O–H groups in total. The number of rotatable bonds is 5. The summed E-state index contributed by atoms with van der Waals surface area (Å²) < 4.78 is 0. The lowest BCUT2D eigenvalue weighted by atomic mass is 9.81. The van der Waals surface area contributed by atoms with Crippen molar-refractivity contribution in [3.63, 3.8) is 0 Å². The summed E-state index contributed by atoms with van der Waals surface area (Å²) in [5.74, 6) is 0. The highest BCUT2D eigenvalue weighted by Crippen LogP contribution is 2.35. The van der Waals surface area contributed by atoms with E-state index in [1.54, 1.807) is 0 Å². The van der Waals surface area contributed by atoms with Gasteiger partial charge in [0.05, 0.1) is 6.54 Å². The molecule has 0 amide bonds. The third-order valence-electron chi connectivity index (χ3n) is 4.79. The fourth-order valence-corrected chi connectivity index (χ4v) is 4.66. The van der Waals surface area contributed by atoms with E-state index in [4.69, 9.17) is 0 Å². The Hall–Kier alpha value is -0.450. The number of aromatic nitrogens is 1. The van der Waals surface area contributed by atoms with Crippen LogP contribution in [0.25, 0.3) is 0 Å². The normalized spacial score (nSPS) is 30.6. The number of hydrogen-bond acceptors (Lipinski definition) is 4. The summed E-state index contributed by atoms with van der Waals surface area (Å²) in [6, 6.07) is 2.31. The topological polar surface area (TPSA) is 28.2 Å². The zero-order chi connectivity index (χ0) is 13.9. The molecule has 3 rings (SSSR count). The van der Waals surface area contributed by atoms with Gasteiger partial charge in [-0.2, -0.15) is 0 Å². The monoisotopic (exact) mass is 293 g/mol. The number of aryl methyl sites for hydroxylation is 1. The van der Waals surface area contributed by atoms with E-state index < -0.39 is 0 Å². The van der Waals surface area contributed by atoms with Crippen LogP contribution in [0.4, 0.5) is 0 Å². The number of nitrogens with zero attached hydrogens (tertiary/aromatic N) is 2. The zero-order valence-electron chi connectivity index (χ0n) is 12.8. The highest BCUT2D eigenvalue weighted by atomic mass is 32.1. The lowest BCUT2D eigenvalue weighted by Crippen LogP contribution is -2.55. The summed E-state index contributed by atoms with van der Waals surface area (Å²) in [6.45, 7) is 6.61. The van der Waals surface area contributed by atoms with Crippen LogP contribution in [0.1, 0.15) is 56.2 Å². The van der Waals surface area contributed by atoms with E-state index in [-0.39, 0.29) is 0 Å². The van der Waals surface area contributed by atoms with Crippen molar-refractivity contribution in [2.45, 2.75) is 77.0 Å². The molecule has 0 saturated carbocycles. The molecule has 2 unspecified atom stereocenters. The van der Waals surface area contributed by atoms with Gasteiger partial charge >= 0.3 is 0 Å². The Bertz CT molecular complexity index is 417. The Morgan fingerprint density at radius 1 is 1.35 bits per heavy atom. The number of piperidine rings is 2.